The summed E-state index contributed by atoms with van der Waals surface area (Å²) in [5.41, 5.74) is 2.65. The molecule has 2 aromatic carbocycles. The van der Waals surface area contributed by atoms with Crippen LogP contribution in [0.4, 0.5) is 0 Å². The lowest BCUT2D eigenvalue weighted by molar-refractivity contribution is 0.0381. The molecule has 0 saturated carbocycles. The second-order valence-electron chi connectivity index (χ2n) is 6.42. The summed E-state index contributed by atoms with van der Waals surface area (Å²) in [6.45, 7) is 5.81. The molecule has 0 unspecified atom stereocenters. The number of ether oxygens (including phenoxy) is 2. The maximum Gasteiger partial charge on any atom is 0.118 e. The fraction of sp³-hybridized carbons (Fsp3) is 0.429. The third-order valence-electron chi connectivity index (χ3n) is 4.72. The molecule has 1 aliphatic heterocycles. The molecule has 25 heavy (non-hydrogen) atoms. The predicted molar refractivity (Wildman–Crippen MR) is 101 cm³/mol. The molecule has 1 aliphatic rings. The highest BCUT2D eigenvalue weighted by Crippen LogP contribution is 2.21. The van der Waals surface area contributed by atoms with E-state index in [1.165, 1.54) is 11.1 Å². The minimum Gasteiger partial charge on any atom is -0.497 e. The van der Waals surface area contributed by atoms with E-state index in [2.05, 4.69) is 52.7 Å². The lowest BCUT2D eigenvalue weighted by atomic mass is 9.98. The minimum absolute atomic E-state index is 0.300. The zero-order valence-corrected chi connectivity index (χ0v) is 15.0. The molecule has 0 radical (unpaired) electrons. The Morgan fingerprint density at radius 1 is 1.04 bits per heavy atom. The Labute approximate surface area is 150 Å². The fourth-order valence-electron chi connectivity index (χ4n) is 3.22. The zero-order chi connectivity index (χ0) is 17.3. The van der Waals surface area contributed by atoms with Crippen molar-refractivity contribution in [3.63, 3.8) is 0 Å². The molecule has 134 valence electrons. The van der Waals surface area contributed by atoms with Crippen LogP contribution in [0.1, 0.15) is 17.2 Å². The molecule has 1 saturated heterocycles. The first-order chi connectivity index (χ1) is 12.3. The molecule has 1 atom stereocenters. The van der Waals surface area contributed by atoms with Crippen LogP contribution in [0.5, 0.6) is 5.75 Å². The van der Waals surface area contributed by atoms with Crippen molar-refractivity contribution in [1.29, 1.82) is 0 Å². The number of nitrogens with zero attached hydrogens (tertiary/aromatic N) is 1. The number of hydrogen-bond acceptors (Lipinski definition) is 4. The van der Waals surface area contributed by atoms with Crippen molar-refractivity contribution in [3.05, 3.63) is 65.7 Å². The summed E-state index contributed by atoms with van der Waals surface area (Å²) in [5.74, 6) is 0.899. The van der Waals surface area contributed by atoms with Crippen molar-refractivity contribution in [1.82, 2.24) is 10.2 Å². The summed E-state index contributed by atoms with van der Waals surface area (Å²) in [6.07, 6.45) is 0.982. The van der Waals surface area contributed by atoms with Crippen molar-refractivity contribution in [3.8, 4) is 5.75 Å². The summed E-state index contributed by atoms with van der Waals surface area (Å²) in [5, 5.41) is 3.75. The van der Waals surface area contributed by atoms with E-state index in [1.54, 1.807) is 7.11 Å². The van der Waals surface area contributed by atoms with Gasteiger partial charge < -0.3 is 14.8 Å². The van der Waals surface area contributed by atoms with Crippen molar-refractivity contribution in [2.45, 2.75) is 12.5 Å². The molecule has 3 rings (SSSR count). The molecule has 0 aliphatic carbocycles. The van der Waals surface area contributed by atoms with E-state index in [9.17, 15) is 0 Å². The van der Waals surface area contributed by atoms with Crippen LogP contribution in [0.3, 0.4) is 0 Å². The molecular formula is C21H28N2O2. The third-order valence-corrected chi connectivity index (χ3v) is 4.72. The van der Waals surface area contributed by atoms with Gasteiger partial charge in [0.1, 0.15) is 5.75 Å². The van der Waals surface area contributed by atoms with Gasteiger partial charge in [-0.3, -0.25) is 4.90 Å². The summed E-state index contributed by atoms with van der Waals surface area (Å²) in [7, 11) is 1.71. The molecular weight excluding hydrogens is 312 g/mol. The van der Waals surface area contributed by atoms with Crippen LogP contribution in [0.15, 0.2) is 54.6 Å². The quantitative estimate of drug-likeness (QED) is 0.801. The van der Waals surface area contributed by atoms with Crippen LogP contribution >= 0.6 is 0 Å². The first kappa shape index (κ1) is 17.9. The van der Waals surface area contributed by atoms with Gasteiger partial charge in [0, 0.05) is 32.2 Å². The average molecular weight is 340 g/mol. The second kappa shape index (κ2) is 9.56. The van der Waals surface area contributed by atoms with Crippen LogP contribution in [0.2, 0.25) is 0 Å². The lowest BCUT2D eigenvalue weighted by Crippen LogP contribution is -2.41. The first-order valence-electron chi connectivity index (χ1n) is 9.06. The number of morpholine rings is 1. The molecule has 4 heteroatoms. The number of hydrogen-bond donors (Lipinski definition) is 1. The Morgan fingerprint density at radius 3 is 2.44 bits per heavy atom. The van der Waals surface area contributed by atoms with Gasteiger partial charge >= 0.3 is 0 Å². The summed E-state index contributed by atoms with van der Waals surface area (Å²) in [4.78, 5) is 2.46. The maximum atomic E-state index is 5.42. The van der Waals surface area contributed by atoms with Gasteiger partial charge in [-0.05, 0) is 29.7 Å². The van der Waals surface area contributed by atoms with Gasteiger partial charge in [0.05, 0.1) is 20.3 Å². The van der Waals surface area contributed by atoms with Crippen LogP contribution in [-0.4, -0.2) is 51.4 Å². The highest BCUT2D eigenvalue weighted by Gasteiger charge is 2.14. The highest BCUT2D eigenvalue weighted by molar-refractivity contribution is 5.30. The SMILES string of the molecule is COc1ccc([C@H](Cc2ccccc2)NCCN2CCOCC2)cc1. The first-order valence-corrected chi connectivity index (χ1v) is 9.06. The monoisotopic (exact) mass is 340 g/mol. The summed E-state index contributed by atoms with van der Waals surface area (Å²) < 4.78 is 10.7. The van der Waals surface area contributed by atoms with Gasteiger partial charge in [-0.25, -0.2) is 0 Å². The van der Waals surface area contributed by atoms with Crippen molar-refractivity contribution in [2.75, 3.05) is 46.5 Å². The Hall–Kier alpha value is -1.88. The van der Waals surface area contributed by atoms with Gasteiger partial charge in [0.25, 0.3) is 0 Å². The van der Waals surface area contributed by atoms with E-state index in [4.69, 9.17) is 9.47 Å². The Bertz CT molecular complexity index is 610. The summed E-state index contributed by atoms with van der Waals surface area (Å²) in [6, 6.07) is 19.4. The van der Waals surface area contributed by atoms with Crippen LogP contribution in [-0.2, 0) is 11.2 Å². The smallest absolute Gasteiger partial charge is 0.118 e. The zero-order valence-electron chi connectivity index (χ0n) is 15.0. The average Bonchev–Trinajstić information content (AvgIpc) is 2.69. The van der Waals surface area contributed by atoms with Crippen LogP contribution in [0, 0.1) is 0 Å². The molecule has 1 heterocycles. The predicted octanol–water partition coefficient (Wildman–Crippen LogP) is 2.90. The van der Waals surface area contributed by atoms with Gasteiger partial charge in [0.15, 0.2) is 0 Å². The topological polar surface area (TPSA) is 33.7 Å². The Balaban J connectivity index is 1.62. The van der Waals surface area contributed by atoms with Gasteiger partial charge in [-0.15, -0.1) is 0 Å². The lowest BCUT2D eigenvalue weighted by Gasteiger charge is -2.28. The van der Waals surface area contributed by atoms with E-state index >= 15 is 0 Å². The Morgan fingerprint density at radius 2 is 1.76 bits per heavy atom. The van der Waals surface area contributed by atoms with Gasteiger partial charge in [-0.2, -0.15) is 0 Å². The van der Waals surface area contributed by atoms with Crippen molar-refractivity contribution >= 4 is 0 Å². The van der Waals surface area contributed by atoms with Crippen LogP contribution in [0.25, 0.3) is 0 Å². The van der Waals surface area contributed by atoms with Gasteiger partial charge in [0.2, 0.25) is 0 Å². The highest BCUT2D eigenvalue weighted by atomic mass is 16.5. The maximum absolute atomic E-state index is 5.42. The molecule has 1 N–H and O–H groups in total. The molecule has 0 amide bonds. The molecule has 0 bridgehead atoms. The Kier molecular flexibility index (Phi) is 6.86. The third kappa shape index (κ3) is 5.56. The molecule has 0 aromatic heterocycles. The number of nitrogens with one attached hydrogen (secondary N) is 1. The normalized spacial score (nSPS) is 16.5. The minimum atomic E-state index is 0.300. The largest absolute Gasteiger partial charge is 0.497 e. The fourth-order valence-corrected chi connectivity index (χ4v) is 3.22. The number of benzene rings is 2. The summed E-state index contributed by atoms with van der Waals surface area (Å²) >= 11 is 0. The van der Waals surface area contributed by atoms with E-state index < -0.39 is 0 Å². The second-order valence-corrected chi connectivity index (χ2v) is 6.42. The molecule has 4 nitrogen and oxygen atoms in total. The van der Waals surface area contributed by atoms with E-state index in [1.807, 2.05) is 12.1 Å². The van der Waals surface area contributed by atoms with E-state index in [0.717, 1.165) is 51.6 Å². The van der Waals surface area contributed by atoms with Gasteiger partial charge in [-0.1, -0.05) is 42.5 Å². The number of rotatable bonds is 8. The van der Waals surface area contributed by atoms with Crippen LogP contribution < -0.4 is 10.1 Å². The number of methoxy groups -OCH3 is 1. The van der Waals surface area contributed by atoms with E-state index in [0.29, 0.717) is 6.04 Å². The standard InChI is InChI=1S/C21H28N2O2/c1-24-20-9-7-19(8-10-20)21(17-18-5-3-2-4-6-18)22-11-12-23-13-15-25-16-14-23/h2-10,21-22H,11-17H2,1H3/t21-/m0/s1. The molecule has 1 fully saturated rings. The van der Waals surface area contributed by atoms with E-state index in [-0.39, 0.29) is 0 Å². The van der Waals surface area contributed by atoms with Crippen molar-refractivity contribution < 1.29 is 9.47 Å². The molecule has 2 aromatic rings. The molecule has 0 spiro atoms. The van der Waals surface area contributed by atoms with Crippen molar-refractivity contribution in [2.24, 2.45) is 0 Å².